The van der Waals surface area contributed by atoms with Crippen LogP contribution < -0.4 is 18.9 Å². The van der Waals surface area contributed by atoms with Crippen LogP contribution in [0.3, 0.4) is 0 Å². The van der Waals surface area contributed by atoms with Gasteiger partial charge in [0.1, 0.15) is 17.3 Å². The lowest BCUT2D eigenvalue weighted by Crippen LogP contribution is -2.32. The molecule has 0 saturated carbocycles. The number of carbonyl (C=O) groups is 2. The smallest absolute Gasteiger partial charge is 0.295 e. The van der Waals surface area contributed by atoms with Crippen LogP contribution in [0.5, 0.6) is 23.0 Å². The Morgan fingerprint density at radius 3 is 2.27 bits per heavy atom. The van der Waals surface area contributed by atoms with Crippen LogP contribution in [-0.4, -0.2) is 81.7 Å². The molecule has 200 valence electrons. The summed E-state index contributed by atoms with van der Waals surface area (Å²) in [7, 11) is 8.24. The number of carbonyl (C=O) groups excluding carboxylic acids is 2. The van der Waals surface area contributed by atoms with Gasteiger partial charge in [0.2, 0.25) is 0 Å². The van der Waals surface area contributed by atoms with Crippen LogP contribution in [0, 0.1) is 0 Å². The summed E-state index contributed by atoms with van der Waals surface area (Å²) < 4.78 is 21.9. The lowest BCUT2D eigenvalue weighted by Gasteiger charge is -2.26. The van der Waals surface area contributed by atoms with Crippen molar-refractivity contribution < 1.29 is 33.6 Å². The third kappa shape index (κ3) is 5.78. The van der Waals surface area contributed by atoms with Crippen molar-refractivity contribution in [3.8, 4) is 23.0 Å². The average Bonchev–Trinajstić information content (AvgIpc) is 3.13. The van der Waals surface area contributed by atoms with Gasteiger partial charge in [0, 0.05) is 12.6 Å². The molecule has 37 heavy (non-hydrogen) atoms. The van der Waals surface area contributed by atoms with E-state index in [2.05, 4.69) is 0 Å². The molecule has 1 saturated heterocycles. The molecule has 1 aliphatic rings. The van der Waals surface area contributed by atoms with Gasteiger partial charge in [-0.25, -0.2) is 0 Å². The number of aliphatic hydroxyl groups excluding tert-OH is 1. The molecular formula is C27H33ClN2O7. The quantitative estimate of drug-likeness (QED) is 0.262. The number of ketones is 1. The zero-order valence-corrected chi connectivity index (χ0v) is 22.7. The fourth-order valence-corrected chi connectivity index (χ4v) is 4.56. The lowest BCUT2D eigenvalue weighted by atomic mass is 9.94. The van der Waals surface area contributed by atoms with Gasteiger partial charge in [-0.2, -0.15) is 0 Å². The molecule has 1 atom stereocenters. The van der Waals surface area contributed by atoms with E-state index in [1.54, 1.807) is 18.2 Å². The van der Waals surface area contributed by atoms with Crippen molar-refractivity contribution in [2.45, 2.75) is 19.4 Å². The summed E-state index contributed by atoms with van der Waals surface area (Å²) >= 11 is 6.24. The first-order valence-corrected chi connectivity index (χ1v) is 12.2. The van der Waals surface area contributed by atoms with Gasteiger partial charge < -0.3 is 33.9 Å². The number of Topliss-reactive ketones (excluding diaryl/α,β-unsaturated/α-hetero) is 1. The number of nitrogens with zero attached hydrogens (tertiary/aromatic N) is 2. The van der Waals surface area contributed by atoms with Gasteiger partial charge in [-0.05, 0) is 57.7 Å². The molecule has 9 nitrogen and oxygen atoms in total. The summed E-state index contributed by atoms with van der Waals surface area (Å²) in [6.45, 7) is 3.32. The lowest BCUT2D eigenvalue weighted by molar-refractivity contribution is -0.139. The summed E-state index contributed by atoms with van der Waals surface area (Å²) in [5.74, 6) is -0.396. The number of amides is 1. The van der Waals surface area contributed by atoms with Crippen molar-refractivity contribution in [3.63, 3.8) is 0 Å². The topological polar surface area (TPSA) is 97.8 Å². The van der Waals surface area contributed by atoms with Crippen LogP contribution in [0.1, 0.15) is 30.5 Å². The second-order valence-corrected chi connectivity index (χ2v) is 9.09. The van der Waals surface area contributed by atoms with E-state index in [4.69, 9.17) is 30.5 Å². The predicted molar refractivity (Wildman–Crippen MR) is 141 cm³/mol. The number of benzene rings is 2. The van der Waals surface area contributed by atoms with Crippen molar-refractivity contribution in [2.75, 3.05) is 55.1 Å². The molecule has 0 aliphatic carbocycles. The highest BCUT2D eigenvalue weighted by Crippen LogP contribution is 2.44. The van der Waals surface area contributed by atoms with E-state index < -0.39 is 23.5 Å². The highest BCUT2D eigenvalue weighted by atomic mass is 35.5. The second kappa shape index (κ2) is 12.2. The Kier molecular flexibility index (Phi) is 9.29. The summed E-state index contributed by atoms with van der Waals surface area (Å²) in [5.41, 5.74) is 0.701. The molecule has 1 N–H and O–H groups in total. The van der Waals surface area contributed by atoms with E-state index in [0.717, 1.165) is 0 Å². The van der Waals surface area contributed by atoms with Crippen LogP contribution in [0.25, 0.3) is 5.76 Å². The Morgan fingerprint density at radius 1 is 1.00 bits per heavy atom. The summed E-state index contributed by atoms with van der Waals surface area (Å²) in [5, 5.41) is 11.8. The molecular weight excluding hydrogens is 500 g/mol. The number of hydrogen-bond donors (Lipinski definition) is 1. The minimum atomic E-state index is -0.863. The normalized spacial score (nSPS) is 16.9. The molecule has 10 heteroatoms. The number of likely N-dealkylation sites (tertiary alicyclic amines) is 1. The van der Waals surface area contributed by atoms with Gasteiger partial charge in [0.15, 0.2) is 11.5 Å². The zero-order valence-electron chi connectivity index (χ0n) is 22.0. The summed E-state index contributed by atoms with van der Waals surface area (Å²) in [6.07, 6.45) is 0.628. The Labute approximate surface area is 222 Å². The fourth-order valence-electron chi connectivity index (χ4n) is 4.33. The molecule has 1 amide bonds. The third-order valence-corrected chi connectivity index (χ3v) is 6.37. The Hall–Kier alpha value is -3.43. The Morgan fingerprint density at radius 2 is 1.68 bits per heavy atom. The molecule has 1 heterocycles. The zero-order chi connectivity index (χ0) is 27.3. The third-order valence-electron chi connectivity index (χ3n) is 6.08. The van der Waals surface area contributed by atoms with Gasteiger partial charge in [-0.15, -0.1) is 0 Å². The van der Waals surface area contributed by atoms with E-state index in [9.17, 15) is 14.7 Å². The van der Waals surface area contributed by atoms with Gasteiger partial charge in [0.05, 0.1) is 50.1 Å². The van der Waals surface area contributed by atoms with Crippen molar-refractivity contribution in [3.05, 3.63) is 52.1 Å². The highest BCUT2D eigenvalue weighted by molar-refractivity contribution is 6.46. The maximum Gasteiger partial charge on any atom is 0.295 e. The van der Waals surface area contributed by atoms with E-state index in [1.807, 2.05) is 25.9 Å². The van der Waals surface area contributed by atoms with Crippen LogP contribution in [0.4, 0.5) is 0 Å². The molecule has 1 fully saturated rings. The predicted octanol–water partition coefficient (Wildman–Crippen LogP) is 4.14. The number of hydrogen-bond acceptors (Lipinski definition) is 8. The second-order valence-electron chi connectivity index (χ2n) is 8.68. The molecule has 0 radical (unpaired) electrons. The van der Waals surface area contributed by atoms with Crippen LogP contribution in [0.2, 0.25) is 5.02 Å². The Bertz CT molecular complexity index is 1200. The summed E-state index contributed by atoms with van der Waals surface area (Å²) in [4.78, 5) is 30.1. The SMILES string of the molecule is CCOc1ccc(C2/C(=C(\O)c3cc(OC)c(Cl)cc3OC)C(=O)C(=O)N2CCCN(C)C)cc1OC. The first-order valence-electron chi connectivity index (χ1n) is 11.8. The average molecular weight is 533 g/mol. The molecule has 2 aromatic carbocycles. The number of methoxy groups -OCH3 is 3. The molecule has 1 unspecified atom stereocenters. The number of ether oxygens (including phenoxy) is 4. The molecule has 0 aromatic heterocycles. The van der Waals surface area contributed by atoms with Crippen molar-refractivity contribution >= 4 is 29.1 Å². The molecule has 0 spiro atoms. The first-order chi connectivity index (χ1) is 17.7. The monoisotopic (exact) mass is 532 g/mol. The molecule has 1 aliphatic heterocycles. The molecule has 3 rings (SSSR count). The van der Waals surface area contributed by atoms with E-state index in [0.29, 0.717) is 43.2 Å². The minimum Gasteiger partial charge on any atom is -0.507 e. The van der Waals surface area contributed by atoms with E-state index in [1.165, 1.54) is 38.4 Å². The van der Waals surface area contributed by atoms with E-state index >= 15 is 0 Å². The van der Waals surface area contributed by atoms with Gasteiger partial charge in [0.25, 0.3) is 11.7 Å². The van der Waals surface area contributed by atoms with Gasteiger partial charge in [-0.3, -0.25) is 9.59 Å². The molecule has 0 bridgehead atoms. The van der Waals surface area contributed by atoms with Gasteiger partial charge in [-0.1, -0.05) is 17.7 Å². The van der Waals surface area contributed by atoms with Crippen LogP contribution in [-0.2, 0) is 9.59 Å². The van der Waals surface area contributed by atoms with Gasteiger partial charge >= 0.3 is 0 Å². The van der Waals surface area contributed by atoms with Crippen LogP contribution >= 0.6 is 11.6 Å². The highest BCUT2D eigenvalue weighted by Gasteiger charge is 2.46. The number of halogens is 1. The number of rotatable bonds is 11. The maximum atomic E-state index is 13.4. The minimum absolute atomic E-state index is 0.0660. The Balaban J connectivity index is 2.23. The molecule has 2 aromatic rings. The standard InChI is InChI=1S/C27H33ClN2O7/c1-7-37-19-10-9-16(13-22(19)36-6)24-23(26(32)27(33)30(24)12-8-11-29(2)3)25(31)17-14-21(35-5)18(28)15-20(17)34-4/h9-10,13-15,24,31H,7-8,11-12H2,1-6H3/b25-23+. The van der Waals surface area contributed by atoms with Crippen LogP contribution in [0.15, 0.2) is 35.9 Å². The van der Waals surface area contributed by atoms with Crippen molar-refractivity contribution in [1.29, 1.82) is 0 Å². The first kappa shape index (κ1) is 28.1. The largest absolute Gasteiger partial charge is 0.507 e. The van der Waals surface area contributed by atoms with Crippen molar-refractivity contribution in [2.24, 2.45) is 0 Å². The van der Waals surface area contributed by atoms with Crippen molar-refractivity contribution in [1.82, 2.24) is 9.80 Å². The number of aliphatic hydroxyl groups is 1. The maximum absolute atomic E-state index is 13.4. The fraction of sp³-hybridized carbons (Fsp3) is 0.407. The summed E-state index contributed by atoms with van der Waals surface area (Å²) in [6, 6.07) is 7.30. The van der Waals surface area contributed by atoms with E-state index in [-0.39, 0.29) is 27.7 Å².